The lowest BCUT2D eigenvalue weighted by Gasteiger charge is -2.10. The number of nitrogen functional groups attached to an aromatic ring is 1. The zero-order valence-electron chi connectivity index (χ0n) is 11.6. The topological polar surface area (TPSA) is 87.3 Å². The molecule has 0 aliphatic heterocycles. The van der Waals surface area contributed by atoms with Gasteiger partial charge in [-0.15, -0.1) is 6.58 Å². The van der Waals surface area contributed by atoms with Crippen molar-refractivity contribution in [1.29, 1.82) is 0 Å². The van der Waals surface area contributed by atoms with Gasteiger partial charge in [-0.2, -0.15) is 0 Å². The molecule has 0 amide bonds. The predicted molar refractivity (Wildman–Crippen MR) is 78.2 cm³/mol. The Morgan fingerprint density at radius 3 is 2.95 bits per heavy atom. The molecule has 0 radical (unpaired) electrons. The Balaban J connectivity index is 2.29. The number of carbonyl (C=O) groups is 1. The molecule has 0 saturated heterocycles. The number of aromatic nitrogens is 2. The van der Waals surface area contributed by atoms with Crippen molar-refractivity contribution >= 4 is 11.7 Å². The highest BCUT2D eigenvalue weighted by Crippen LogP contribution is 2.26. The van der Waals surface area contributed by atoms with Gasteiger partial charge in [0.25, 0.3) is 0 Å². The Bertz CT molecular complexity index is 671. The summed E-state index contributed by atoms with van der Waals surface area (Å²) in [5.41, 5.74) is 7.34. The van der Waals surface area contributed by atoms with Crippen molar-refractivity contribution in [3.8, 4) is 11.6 Å². The highest BCUT2D eigenvalue weighted by molar-refractivity contribution is 5.86. The first-order valence-electron chi connectivity index (χ1n) is 6.21. The fourth-order valence-electron chi connectivity index (χ4n) is 1.73. The van der Waals surface area contributed by atoms with Gasteiger partial charge < -0.3 is 15.2 Å². The summed E-state index contributed by atoms with van der Waals surface area (Å²) in [4.78, 5) is 19.4. The molecule has 2 rings (SSSR count). The molecule has 0 fully saturated rings. The summed E-state index contributed by atoms with van der Waals surface area (Å²) in [5.74, 6) is 0.213. The largest absolute Gasteiger partial charge is 0.464 e. The average Bonchev–Trinajstić information content (AvgIpc) is 2.50. The number of allylic oxidation sites excluding steroid dienone is 1. The van der Waals surface area contributed by atoms with E-state index in [0.717, 1.165) is 5.56 Å². The molecule has 0 spiro atoms. The molecule has 6 nitrogen and oxygen atoms in total. The van der Waals surface area contributed by atoms with Crippen molar-refractivity contribution < 1.29 is 14.3 Å². The number of nitrogens with two attached hydrogens (primary N) is 1. The second-order valence-corrected chi connectivity index (χ2v) is 4.20. The van der Waals surface area contributed by atoms with E-state index in [2.05, 4.69) is 21.3 Å². The van der Waals surface area contributed by atoms with Crippen molar-refractivity contribution in [3.05, 3.63) is 54.5 Å². The maximum absolute atomic E-state index is 11.4. The summed E-state index contributed by atoms with van der Waals surface area (Å²) in [6.07, 6.45) is 5.08. The van der Waals surface area contributed by atoms with Crippen LogP contribution in [0.25, 0.3) is 0 Å². The van der Waals surface area contributed by atoms with Gasteiger partial charge in [-0.25, -0.2) is 9.78 Å². The summed E-state index contributed by atoms with van der Waals surface area (Å²) in [6.45, 7) is 3.70. The molecule has 1 aromatic heterocycles. The van der Waals surface area contributed by atoms with Crippen molar-refractivity contribution in [2.24, 2.45) is 0 Å². The molecule has 0 atom stereocenters. The lowest BCUT2D eigenvalue weighted by atomic mass is 10.1. The van der Waals surface area contributed by atoms with Gasteiger partial charge in [0.2, 0.25) is 5.88 Å². The first-order chi connectivity index (χ1) is 10.1. The van der Waals surface area contributed by atoms with Crippen LogP contribution < -0.4 is 10.5 Å². The van der Waals surface area contributed by atoms with Gasteiger partial charge in [0.05, 0.1) is 19.5 Å². The van der Waals surface area contributed by atoms with E-state index in [4.69, 9.17) is 10.5 Å². The van der Waals surface area contributed by atoms with Crippen LogP contribution in [-0.2, 0) is 11.2 Å². The summed E-state index contributed by atoms with van der Waals surface area (Å²) in [5, 5.41) is 0. The van der Waals surface area contributed by atoms with Crippen LogP contribution in [0.4, 0.5) is 5.69 Å². The monoisotopic (exact) mass is 285 g/mol. The molecule has 0 aliphatic carbocycles. The zero-order chi connectivity index (χ0) is 15.2. The first-order valence-corrected chi connectivity index (χ1v) is 6.21. The van der Waals surface area contributed by atoms with E-state index in [9.17, 15) is 4.79 Å². The second kappa shape index (κ2) is 6.51. The summed E-state index contributed by atoms with van der Waals surface area (Å²) in [7, 11) is 1.28. The van der Waals surface area contributed by atoms with Crippen molar-refractivity contribution in [2.75, 3.05) is 12.8 Å². The zero-order valence-corrected chi connectivity index (χ0v) is 11.6. The van der Waals surface area contributed by atoms with E-state index in [1.54, 1.807) is 24.3 Å². The Hall–Kier alpha value is -2.89. The lowest BCUT2D eigenvalue weighted by molar-refractivity contribution is 0.0592. The predicted octanol–water partition coefficient (Wildman–Crippen LogP) is 2.37. The molecule has 108 valence electrons. The minimum absolute atomic E-state index is 0.0794. The lowest BCUT2D eigenvalue weighted by Crippen LogP contribution is -2.05. The summed E-state index contributed by atoms with van der Waals surface area (Å²) >= 11 is 0. The molecule has 0 aliphatic rings. The van der Waals surface area contributed by atoms with Crippen molar-refractivity contribution in [1.82, 2.24) is 9.97 Å². The number of benzene rings is 1. The third kappa shape index (κ3) is 3.56. The molecule has 2 aromatic rings. The number of ether oxygens (including phenoxy) is 2. The molecule has 1 aromatic carbocycles. The molecule has 1 heterocycles. The van der Waals surface area contributed by atoms with Crippen LogP contribution in [0.3, 0.4) is 0 Å². The van der Waals surface area contributed by atoms with Crippen LogP contribution in [0.2, 0.25) is 0 Å². The third-order valence-corrected chi connectivity index (χ3v) is 2.67. The maximum atomic E-state index is 11.4. The Kier molecular flexibility index (Phi) is 4.50. The normalized spacial score (nSPS) is 9.95. The molecular weight excluding hydrogens is 270 g/mol. The van der Waals surface area contributed by atoms with Crippen molar-refractivity contribution in [2.45, 2.75) is 6.42 Å². The fourth-order valence-corrected chi connectivity index (χ4v) is 1.73. The van der Waals surface area contributed by atoms with Gasteiger partial charge in [-0.05, 0) is 24.6 Å². The summed E-state index contributed by atoms with van der Waals surface area (Å²) in [6, 6.07) is 5.26. The minimum atomic E-state index is -0.573. The number of anilines is 1. The first kappa shape index (κ1) is 14.5. The van der Waals surface area contributed by atoms with Crippen molar-refractivity contribution in [3.63, 3.8) is 0 Å². The molecule has 0 bridgehead atoms. The number of carbonyl (C=O) groups excluding carboxylic acids is 1. The van der Waals surface area contributed by atoms with Crippen LogP contribution >= 0.6 is 0 Å². The molecular formula is C15H15N3O3. The van der Waals surface area contributed by atoms with Crippen LogP contribution in [0, 0.1) is 0 Å². The van der Waals surface area contributed by atoms with Gasteiger partial charge >= 0.3 is 5.97 Å². The smallest absolute Gasteiger partial charge is 0.358 e. The van der Waals surface area contributed by atoms with E-state index in [-0.39, 0.29) is 11.6 Å². The van der Waals surface area contributed by atoms with E-state index in [1.165, 1.54) is 19.5 Å². The number of hydrogen-bond acceptors (Lipinski definition) is 6. The quantitative estimate of drug-likeness (QED) is 0.515. The molecule has 0 unspecified atom stereocenters. The van der Waals surface area contributed by atoms with Gasteiger partial charge in [0.15, 0.2) is 5.69 Å². The Morgan fingerprint density at radius 2 is 2.24 bits per heavy atom. The van der Waals surface area contributed by atoms with Crippen LogP contribution in [0.15, 0.2) is 43.2 Å². The highest BCUT2D eigenvalue weighted by Gasteiger charge is 2.11. The van der Waals surface area contributed by atoms with E-state index in [0.29, 0.717) is 17.9 Å². The number of rotatable bonds is 5. The highest BCUT2D eigenvalue weighted by atomic mass is 16.5. The third-order valence-electron chi connectivity index (χ3n) is 2.67. The van der Waals surface area contributed by atoms with Crippen LogP contribution in [0.5, 0.6) is 11.6 Å². The van der Waals surface area contributed by atoms with Gasteiger partial charge in [0, 0.05) is 11.3 Å². The number of methoxy groups -OCH3 is 1. The maximum Gasteiger partial charge on any atom is 0.358 e. The van der Waals surface area contributed by atoms with Gasteiger partial charge in [0.1, 0.15) is 5.75 Å². The number of nitrogens with zero attached hydrogens (tertiary/aromatic N) is 2. The molecule has 2 N–H and O–H groups in total. The van der Waals surface area contributed by atoms with Gasteiger partial charge in [-0.3, -0.25) is 4.98 Å². The molecule has 0 saturated carbocycles. The number of hydrogen-bond donors (Lipinski definition) is 1. The minimum Gasteiger partial charge on any atom is -0.464 e. The summed E-state index contributed by atoms with van der Waals surface area (Å²) < 4.78 is 10.3. The number of esters is 1. The second-order valence-electron chi connectivity index (χ2n) is 4.20. The van der Waals surface area contributed by atoms with Crippen LogP contribution in [-0.4, -0.2) is 23.0 Å². The van der Waals surface area contributed by atoms with Crippen LogP contribution in [0.1, 0.15) is 16.1 Å². The van der Waals surface area contributed by atoms with E-state index in [1.807, 2.05) is 0 Å². The van der Waals surface area contributed by atoms with E-state index >= 15 is 0 Å². The fraction of sp³-hybridized carbons (Fsp3) is 0.133. The standard InChI is InChI=1S/C15H15N3O3/c1-3-4-10-7-11(16)5-6-13(10)21-14-9-17-8-12(18-14)15(19)20-2/h3,5-9H,1,4,16H2,2H3. The SMILES string of the molecule is C=CCc1cc(N)ccc1Oc1cncc(C(=O)OC)n1. The Labute approximate surface area is 122 Å². The van der Waals surface area contributed by atoms with Gasteiger partial charge in [-0.1, -0.05) is 6.08 Å². The van der Waals surface area contributed by atoms with E-state index < -0.39 is 5.97 Å². The average molecular weight is 285 g/mol. The Morgan fingerprint density at radius 1 is 1.43 bits per heavy atom. The molecule has 21 heavy (non-hydrogen) atoms. The molecule has 6 heteroatoms.